The summed E-state index contributed by atoms with van der Waals surface area (Å²) in [5, 5.41) is 3.02. The lowest BCUT2D eigenvalue weighted by atomic mass is 9.97. The van der Waals surface area contributed by atoms with Crippen LogP contribution in [0.2, 0.25) is 0 Å². The fourth-order valence-corrected chi connectivity index (χ4v) is 2.54. The Morgan fingerprint density at radius 2 is 2.31 bits per heavy atom. The van der Waals surface area contributed by atoms with Crippen LogP contribution >= 0.6 is 0 Å². The van der Waals surface area contributed by atoms with E-state index >= 15 is 0 Å². The van der Waals surface area contributed by atoms with Gasteiger partial charge >= 0.3 is 0 Å². The lowest BCUT2D eigenvalue weighted by Crippen LogP contribution is -2.43. The zero-order chi connectivity index (χ0) is 11.4. The second kappa shape index (κ2) is 5.64. The summed E-state index contributed by atoms with van der Waals surface area (Å²) in [6, 6.07) is 0. The largest absolute Gasteiger partial charge is 0.376 e. The average molecular weight is 226 g/mol. The highest BCUT2D eigenvalue weighted by Gasteiger charge is 2.24. The molecule has 0 radical (unpaired) electrons. The molecule has 0 bridgehead atoms. The molecule has 2 atom stereocenters. The van der Waals surface area contributed by atoms with Gasteiger partial charge in [0.05, 0.1) is 12.0 Å². The minimum absolute atomic E-state index is 0.181. The Kier molecular flexibility index (Phi) is 4.18. The third-order valence-corrected chi connectivity index (χ3v) is 3.52. The maximum absolute atomic E-state index is 11.9. The molecule has 0 aromatic heterocycles. The number of amides is 1. The molecule has 16 heavy (non-hydrogen) atoms. The molecule has 2 rings (SSSR count). The number of hydrogen-bond acceptors (Lipinski definition) is 3. The molecule has 2 unspecified atom stereocenters. The zero-order valence-electron chi connectivity index (χ0n) is 10.1. The molecule has 2 saturated heterocycles. The summed E-state index contributed by atoms with van der Waals surface area (Å²) in [7, 11) is 2.08. The van der Waals surface area contributed by atoms with Gasteiger partial charge in [-0.05, 0) is 39.3 Å². The first kappa shape index (κ1) is 11.9. The third-order valence-electron chi connectivity index (χ3n) is 3.52. The fraction of sp³-hybridized carbons (Fsp3) is 0.917. The van der Waals surface area contributed by atoms with Gasteiger partial charge in [-0.3, -0.25) is 4.79 Å². The van der Waals surface area contributed by atoms with Crippen LogP contribution in [0.15, 0.2) is 0 Å². The van der Waals surface area contributed by atoms with Gasteiger partial charge in [0.2, 0.25) is 5.91 Å². The van der Waals surface area contributed by atoms with Crippen molar-refractivity contribution in [3.05, 3.63) is 0 Å². The van der Waals surface area contributed by atoms with Gasteiger partial charge in [0.25, 0.3) is 0 Å². The Labute approximate surface area is 97.3 Å². The molecule has 0 saturated carbocycles. The van der Waals surface area contributed by atoms with Gasteiger partial charge in [-0.1, -0.05) is 0 Å². The van der Waals surface area contributed by atoms with Crippen molar-refractivity contribution in [3.63, 3.8) is 0 Å². The predicted molar refractivity (Wildman–Crippen MR) is 62.2 cm³/mol. The van der Waals surface area contributed by atoms with Crippen LogP contribution < -0.4 is 5.32 Å². The minimum atomic E-state index is 0.181. The number of likely N-dealkylation sites (tertiary alicyclic amines) is 1. The van der Waals surface area contributed by atoms with Crippen molar-refractivity contribution in [1.82, 2.24) is 10.2 Å². The Bertz CT molecular complexity index is 239. The Morgan fingerprint density at radius 3 is 3.00 bits per heavy atom. The molecule has 2 fully saturated rings. The van der Waals surface area contributed by atoms with Crippen molar-refractivity contribution < 1.29 is 9.53 Å². The quantitative estimate of drug-likeness (QED) is 0.767. The van der Waals surface area contributed by atoms with Gasteiger partial charge < -0.3 is 15.0 Å². The molecule has 92 valence electrons. The number of nitrogens with zero attached hydrogens (tertiary/aromatic N) is 1. The summed E-state index contributed by atoms with van der Waals surface area (Å²) in [5.74, 6) is 0.391. The first-order chi connectivity index (χ1) is 7.75. The standard InChI is InChI=1S/C12H22N2O2/c1-14-6-2-4-10(9-14)12(15)13-8-11-5-3-7-16-11/h10-11H,2-9H2,1H3,(H,13,15). The molecule has 0 aliphatic carbocycles. The Morgan fingerprint density at radius 1 is 1.44 bits per heavy atom. The van der Waals surface area contributed by atoms with Crippen LogP contribution in [0.25, 0.3) is 0 Å². The van der Waals surface area contributed by atoms with Gasteiger partial charge in [0.1, 0.15) is 0 Å². The number of rotatable bonds is 3. The van der Waals surface area contributed by atoms with Gasteiger partial charge in [0.15, 0.2) is 0 Å². The summed E-state index contributed by atoms with van der Waals surface area (Å²) in [4.78, 5) is 14.1. The van der Waals surface area contributed by atoms with E-state index in [-0.39, 0.29) is 17.9 Å². The number of piperidine rings is 1. The molecule has 0 aromatic rings. The van der Waals surface area contributed by atoms with Crippen LogP contribution in [0.3, 0.4) is 0 Å². The highest BCUT2D eigenvalue weighted by molar-refractivity contribution is 5.78. The molecule has 0 aromatic carbocycles. The zero-order valence-corrected chi connectivity index (χ0v) is 10.1. The number of carbonyl (C=O) groups excluding carboxylic acids is 1. The summed E-state index contributed by atoms with van der Waals surface area (Å²) in [6.45, 7) is 3.57. The van der Waals surface area contributed by atoms with E-state index in [4.69, 9.17) is 4.74 Å². The van der Waals surface area contributed by atoms with Crippen LogP contribution in [0, 0.1) is 5.92 Å². The summed E-state index contributed by atoms with van der Waals surface area (Å²) in [6.07, 6.45) is 4.64. The summed E-state index contributed by atoms with van der Waals surface area (Å²) >= 11 is 0. The molecular formula is C12H22N2O2. The molecule has 2 aliphatic heterocycles. The van der Waals surface area contributed by atoms with Crippen molar-refractivity contribution in [1.29, 1.82) is 0 Å². The van der Waals surface area contributed by atoms with Crippen molar-refractivity contribution in [3.8, 4) is 0 Å². The van der Waals surface area contributed by atoms with Crippen LogP contribution in [0.5, 0.6) is 0 Å². The second-order valence-corrected chi connectivity index (χ2v) is 4.98. The molecule has 2 aliphatic rings. The van der Waals surface area contributed by atoms with Gasteiger partial charge in [-0.25, -0.2) is 0 Å². The van der Waals surface area contributed by atoms with Crippen molar-refractivity contribution in [2.45, 2.75) is 31.8 Å². The first-order valence-electron chi connectivity index (χ1n) is 6.33. The van der Waals surface area contributed by atoms with Crippen molar-refractivity contribution in [2.24, 2.45) is 5.92 Å². The van der Waals surface area contributed by atoms with Gasteiger partial charge in [0, 0.05) is 19.7 Å². The highest BCUT2D eigenvalue weighted by Crippen LogP contribution is 2.15. The van der Waals surface area contributed by atoms with Crippen LogP contribution in [-0.2, 0) is 9.53 Å². The lowest BCUT2D eigenvalue weighted by molar-refractivity contribution is -0.127. The molecule has 1 N–H and O–H groups in total. The van der Waals surface area contributed by atoms with E-state index in [2.05, 4.69) is 17.3 Å². The minimum Gasteiger partial charge on any atom is -0.376 e. The van der Waals surface area contributed by atoms with E-state index in [1.54, 1.807) is 0 Å². The van der Waals surface area contributed by atoms with E-state index in [0.29, 0.717) is 6.54 Å². The van der Waals surface area contributed by atoms with Crippen molar-refractivity contribution in [2.75, 3.05) is 33.3 Å². The summed E-state index contributed by atoms with van der Waals surface area (Å²) in [5.41, 5.74) is 0. The van der Waals surface area contributed by atoms with Crippen molar-refractivity contribution >= 4 is 5.91 Å². The maximum atomic E-state index is 11.9. The monoisotopic (exact) mass is 226 g/mol. The molecule has 0 spiro atoms. The van der Waals surface area contributed by atoms with Crippen LogP contribution in [0.1, 0.15) is 25.7 Å². The van der Waals surface area contributed by atoms with E-state index < -0.39 is 0 Å². The molecule has 1 amide bonds. The van der Waals surface area contributed by atoms with Crippen LogP contribution in [-0.4, -0.2) is 50.2 Å². The number of ether oxygens (including phenoxy) is 1. The lowest BCUT2D eigenvalue weighted by Gasteiger charge is -2.29. The van der Waals surface area contributed by atoms with E-state index in [9.17, 15) is 4.79 Å². The molecule has 4 nitrogen and oxygen atoms in total. The first-order valence-corrected chi connectivity index (χ1v) is 6.33. The third kappa shape index (κ3) is 3.19. The fourth-order valence-electron chi connectivity index (χ4n) is 2.54. The number of hydrogen-bond donors (Lipinski definition) is 1. The SMILES string of the molecule is CN1CCCC(C(=O)NCC2CCCO2)C1. The molecular weight excluding hydrogens is 204 g/mol. The Balaban J connectivity index is 1.70. The second-order valence-electron chi connectivity index (χ2n) is 4.98. The smallest absolute Gasteiger partial charge is 0.224 e. The molecule has 4 heteroatoms. The highest BCUT2D eigenvalue weighted by atomic mass is 16.5. The predicted octanol–water partition coefficient (Wildman–Crippen LogP) is 0.623. The average Bonchev–Trinajstić information content (AvgIpc) is 2.78. The van der Waals surface area contributed by atoms with E-state index in [0.717, 1.165) is 45.4 Å². The number of carbonyl (C=O) groups is 1. The van der Waals surface area contributed by atoms with Crippen LogP contribution in [0.4, 0.5) is 0 Å². The number of nitrogens with one attached hydrogen (secondary N) is 1. The summed E-state index contributed by atoms with van der Waals surface area (Å²) < 4.78 is 5.49. The normalized spacial score (nSPS) is 31.6. The van der Waals surface area contributed by atoms with Gasteiger partial charge in [-0.15, -0.1) is 0 Å². The topological polar surface area (TPSA) is 41.6 Å². The van der Waals surface area contributed by atoms with Gasteiger partial charge in [-0.2, -0.15) is 0 Å². The Hall–Kier alpha value is -0.610. The molecule has 2 heterocycles. The van der Waals surface area contributed by atoms with E-state index in [1.807, 2.05) is 0 Å². The maximum Gasteiger partial charge on any atom is 0.224 e. The van der Waals surface area contributed by atoms with E-state index in [1.165, 1.54) is 0 Å².